The maximum atomic E-state index is 11.3. The molecule has 2 aromatic rings. The first-order chi connectivity index (χ1) is 8.29. The number of carbonyl (C=O) groups is 1. The summed E-state index contributed by atoms with van der Waals surface area (Å²) in [5, 5.41) is 6.90. The summed E-state index contributed by atoms with van der Waals surface area (Å²) < 4.78 is 1.80. The lowest BCUT2D eigenvalue weighted by molar-refractivity contribution is -0.114. The van der Waals surface area contributed by atoms with Gasteiger partial charge in [0.2, 0.25) is 5.91 Å². The lowest BCUT2D eigenvalue weighted by Crippen LogP contribution is -2.22. The van der Waals surface area contributed by atoms with Gasteiger partial charge in [0.05, 0.1) is 13.1 Å². The number of nitrogens with zero attached hydrogens (tertiary/aromatic N) is 2. The zero-order chi connectivity index (χ0) is 12.1. The molecule has 1 amide bonds. The van der Waals surface area contributed by atoms with E-state index < -0.39 is 0 Å². The predicted molar refractivity (Wildman–Crippen MR) is 65.5 cm³/mol. The van der Waals surface area contributed by atoms with Crippen LogP contribution in [0.15, 0.2) is 42.7 Å². The number of anilines is 1. The van der Waals surface area contributed by atoms with Gasteiger partial charge in [-0.3, -0.25) is 9.48 Å². The lowest BCUT2D eigenvalue weighted by atomic mass is 10.1. The van der Waals surface area contributed by atoms with Crippen LogP contribution in [0.1, 0.15) is 5.56 Å². The van der Waals surface area contributed by atoms with E-state index >= 15 is 0 Å². The van der Waals surface area contributed by atoms with Gasteiger partial charge in [-0.1, -0.05) is 18.2 Å². The van der Waals surface area contributed by atoms with E-state index in [9.17, 15) is 4.79 Å². The molecule has 0 saturated carbocycles. The van der Waals surface area contributed by atoms with Crippen LogP contribution in [0, 0.1) is 0 Å². The van der Waals surface area contributed by atoms with Gasteiger partial charge in [0.25, 0.3) is 0 Å². The van der Waals surface area contributed by atoms with E-state index in [0.29, 0.717) is 6.54 Å². The number of para-hydroxylation sites is 1. The van der Waals surface area contributed by atoms with Gasteiger partial charge in [0, 0.05) is 18.1 Å². The molecule has 0 aliphatic carbocycles. The molecule has 2 rings (SSSR count). The molecule has 0 aliphatic heterocycles. The minimum Gasteiger partial charge on any atom is -0.325 e. The van der Waals surface area contributed by atoms with Crippen molar-refractivity contribution in [2.24, 2.45) is 5.73 Å². The first-order valence-corrected chi connectivity index (χ1v) is 5.35. The van der Waals surface area contributed by atoms with Crippen LogP contribution in [-0.4, -0.2) is 22.2 Å². The molecule has 0 aliphatic rings. The third kappa shape index (κ3) is 2.92. The molecule has 5 heteroatoms. The molecule has 17 heavy (non-hydrogen) atoms. The fraction of sp³-hybridized carbons (Fsp3) is 0.167. The zero-order valence-corrected chi connectivity index (χ0v) is 9.34. The summed E-state index contributed by atoms with van der Waals surface area (Å²) in [6.07, 6.45) is 3.60. The van der Waals surface area contributed by atoms with Crippen molar-refractivity contribution in [3.05, 3.63) is 48.3 Å². The molecule has 0 spiro atoms. The van der Waals surface area contributed by atoms with Crippen molar-refractivity contribution in [1.29, 1.82) is 0 Å². The quantitative estimate of drug-likeness (QED) is 0.817. The lowest BCUT2D eigenvalue weighted by Gasteiger charge is -2.10. The minimum atomic E-state index is -0.196. The van der Waals surface area contributed by atoms with E-state index in [1.807, 2.05) is 36.5 Å². The van der Waals surface area contributed by atoms with Crippen molar-refractivity contribution >= 4 is 11.6 Å². The first-order valence-electron chi connectivity index (χ1n) is 5.35. The average Bonchev–Trinajstić information content (AvgIpc) is 2.84. The van der Waals surface area contributed by atoms with E-state index in [0.717, 1.165) is 11.3 Å². The van der Waals surface area contributed by atoms with Crippen molar-refractivity contribution in [2.75, 3.05) is 11.9 Å². The summed E-state index contributed by atoms with van der Waals surface area (Å²) in [5.41, 5.74) is 7.05. The third-order valence-corrected chi connectivity index (χ3v) is 2.37. The van der Waals surface area contributed by atoms with Gasteiger partial charge in [-0.05, 0) is 17.7 Å². The van der Waals surface area contributed by atoms with Crippen LogP contribution < -0.4 is 11.1 Å². The van der Waals surface area contributed by atoms with Gasteiger partial charge < -0.3 is 11.1 Å². The number of aromatic nitrogens is 2. The Morgan fingerprint density at radius 1 is 1.35 bits per heavy atom. The van der Waals surface area contributed by atoms with E-state index in [1.165, 1.54) is 0 Å². The molecule has 88 valence electrons. The van der Waals surface area contributed by atoms with Gasteiger partial charge in [0.15, 0.2) is 0 Å². The van der Waals surface area contributed by atoms with Gasteiger partial charge in [0.1, 0.15) is 0 Å². The highest BCUT2D eigenvalue weighted by Crippen LogP contribution is 2.15. The first kappa shape index (κ1) is 11.3. The molecule has 3 N–H and O–H groups in total. The molecular formula is C12H14N4O. The summed E-state index contributed by atoms with van der Waals surface area (Å²) in [4.78, 5) is 11.3. The van der Waals surface area contributed by atoms with Crippen LogP contribution in [-0.2, 0) is 11.3 Å². The van der Waals surface area contributed by atoms with Crippen LogP contribution in [0.3, 0.4) is 0 Å². The van der Waals surface area contributed by atoms with Crippen LogP contribution in [0.25, 0.3) is 0 Å². The second-order valence-electron chi connectivity index (χ2n) is 3.61. The second kappa shape index (κ2) is 5.27. The Morgan fingerprint density at radius 2 is 2.18 bits per heavy atom. The highest BCUT2D eigenvalue weighted by Gasteiger charge is 2.05. The normalized spacial score (nSPS) is 10.2. The monoisotopic (exact) mass is 230 g/mol. The standard InChI is InChI=1S/C12H14N4O/c13-8-12(17)15-11-5-2-1-4-10(11)9-16-7-3-6-14-16/h1-7H,8-9,13H2,(H,15,17). The van der Waals surface area contributed by atoms with Crippen molar-refractivity contribution in [1.82, 2.24) is 9.78 Å². The Balaban J connectivity index is 2.18. The summed E-state index contributed by atoms with van der Waals surface area (Å²) in [6, 6.07) is 9.47. The molecular weight excluding hydrogens is 216 g/mol. The Bertz CT molecular complexity index is 493. The summed E-state index contributed by atoms with van der Waals surface area (Å²) in [6.45, 7) is 0.601. The minimum absolute atomic E-state index is 0.0178. The summed E-state index contributed by atoms with van der Waals surface area (Å²) in [7, 11) is 0. The van der Waals surface area contributed by atoms with Crippen molar-refractivity contribution in [2.45, 2.75) is 6.54 Å². The topological polar surface area (TPSA) is 72.9 Å². The molecule has 5 nitrogen and oxygen atoms in total. The van der Waals surface area contributed by atoms with Crippen molar-refractivity contribution in [3.63, 3.8) is 0 Å². The Kier molecular flexibility index (Phi) is 3.52. The highest BCUT2D eigenvalue weighted by molar-refractivity contribution is 5.92. The number of amides is 1. The molecule has 0 bridgehead atoms. The fourth-order valence-electron chi connectivity index (χ4n) is 1.55. The number of benzene rings is 1. The number of hydrogen-bond acceptors (Lipinski definition) is 3. The number of nitrogens with two attached hydrogens (primary N) is 1. The number of hydrogen-bond donors (Lipinski definition) is 2. The smallest absolute Gasteiger partial charge is 0.238 e. The molecule has 1 heterocycles. The molecule has 0 fully saturated rings. The summed E-state index contributed by atoms with van der Waals surface area (Å²) in [5.74, 6) is -0.196. The van der Waals surface area contributed by atoms with Crippen molar-refractivity contribution in [3.8, 4) is 0 Å². The Hall–Kier alpha value is -2.14. The van der Waals surface area contributed by atoms with E-state index in [-0.39, 0.29) is 12.5 Å². The second-order valence-corrected chi connectivity index (χ2v) is 3.61. The largest absolute Gasteiger partial charge is 0.325 e. The number of carbonyl (C=O) groups excluding carboxylic acids is 1. The molecule has 0 atom stereocenters. The van der Waals surface area contributed by atoms with E-state index in [4.69, 9.17) is 5.73 Å². The fourth-order valence-corrected chi connectivity index (χ4v) is 1.55. The Labute approximate surface area is 99.2 Å². The van der Waals surface area contributed by atoms with Crippen LogP contribution in [0.4, 0.5) is 5.69 Å². The Morgan fingerprint density at radius 3 is 2.88 bits per heavy atom. The third-order valence-electron chi connectivity index (χ3n) is 2.37. The average molecular weight is 230 g/mol. The predicted octanol–water partition coefficient (Wildman–Crippen LogP) is 0.829. The van der Waals surface area contributed by atoms with Gasteiger partial charge in [-0.2, -0.15) is 5.10 Å². The molecule has 1 aromatic carbocycles. The number of rotatable bonds is 4. The van der Waals surface area contributed by atoms with Crippen molar-refractivity contribution < 1.29 is 4.79 Å². The van der Waals surface area contributed by atoms with E-state index in [2.05, 4.69) is 10.4 Å². The maximum absolute atomic E-state index is 11.3. The van der Waals surface area contributed by atoms with E-state index in [1.54, 1.807) is 10.9 Å². The van der Waals surface area contributed by atoms with Gasteiger partial charge in [-0.15, -0.1) is 0 Å². The van der Waals surface area contributed by atoms with Crippen LogP contribution >= 0.6 is 0 Å². The molecule has 1 aromatic heterocycles. The summed E-state index contributed by atoms with van der Waals surface area (Å²) >= 11 is 0. The van der Waals surface area contributed by atoms with Crippen LogP contribution in [0.2, 0.25) is 0 Å². The van der Waals surface area contributed by atoms with Gasteiger partial charge >= 0.3 is 0 Å². The zero-order valence-electron chi connectivity index (χ0n) is 9.34. The molecule has 0 saturated heterocycles. The molecule has 0 radical (unpaired) electrons. The number of nitrogens with one attached hydrogen (secondary N) is 1. The highest BCUT2D eigenvalue weighted by atomic mass is 16.1. The SMILES string of the molecule is NCC(=O)Nc1ccccc1Cn1cccn1. The maximum Gasteiger partial charge on any atom is 0.238 e. The van der Waals surface area contributed by atoms with Gasteiger partial charge in [-0.25, -0.2) is 0 Å². The van der Waals surface area contributed by atoms with Crippen LogP contribution in [0.5, 0.6) is 0 Å². The molecule has 0 unspecified atom stereocenters.